The fraction of sp³-hybridized carbons (Fsp3) is 0. The van der Waals surface area contributed by atoms with Crippen molar-refractivity contribution in [2.24, 2.45) is 0 Å². The van der Waals surface area contributed by atoms with E-state index >= 15 is 0 Å². The van der Waals surface area contributed by atoms with E-state index in [2.05, 4.69) is 13.2 Å². The summed E-state index contributed by atoms with van der Waals surface area (Å²) in [4.78, 5) is 0. The number of hydrogen-bond donors (Lipinski definition) is 0. The number of allylic oxidation sites excluding steroid dienone is 6. The third-order valence-corrected chi connectivity index (χ3v) is 1.16. The number of hydrogen-bond acceptors (Lipinski definition) is 0. The molecule has 0 fully saturated rings. The molecule has 0 aromatic rings. The largest absolute Gasteiger partial charge is 0.0984 e. The summed E-state index contributed by atoms with van der Waals surface area (Å²) in [7, 11) is 0. The Morgan fingerprint density at radius 1 is 1.50 bits per heavy atom. The molecule has 0 saturated carbocycles. The topological polar surface area (TPSA) is 0 Å². The standard InChI is InChI=1S/C8H8/c1-3-8-6-4-5-7(8)2/h3-6H,1-2H2. The van der Waals surface area contributed by atoms with Crippen molar-refractivity contribution in [3.8, 4) is 0 Å². The minimum absolute atomic E-state index is 1.06. The van der Waals surface area contributed by atoms with Crippen LogP contribution in [0.3, 0.4) is 0 Å². The molecule has 0 unspecified atom stereocenters. The summed E-state index contributed by atoms with van der Waals surface area (Å²) in [6.45, 7) is 7.40. The van der Waals surface area contributed by atoms with Gasteiger partial charge < -0.3 is 0 Å². The first-order valence-electron chi connectivity index (χ1n) is 2.54. The maximum absolute atomic E-state index is 3.78. The van der Waals surface area contributed by atoms with Gasteiger partial charge in [-0.05, 0) is 11.1 Å². The summed E-state index contributed by atoms with van der Waals surface area (Å²) >= 11 is 0. The Kier molecular flexibility index (Phi) is 1.17. The molecule has 40 valence electrons. The summed E-state index contributed by atoms with van der Waals surface area (Å²) in [6.07, 6.45) is 7.74. The highest BCUT2D eigenvalue weighted by atomic mass is 14.0. The van der Waals surface area contributed by atoms with Crippen molar-refractivity contribution in [1.29, 1.82) is 0 Å². The Bertz CT molecular complexity index is 180. The van der Waals surface area contributed by atoms with Crippen LogP contribution in [-0.2, 0) is 0 Å². The van der Waals surface area contributed by atoms with E-state index in [0.29, 0.717) is 0 Å². The van der Waals surface area contributed by atoms with Crippen LogP contribution in [-0.4, -0.2) is 0 Å². The van der Waals surface area contributed by atoms with Crippen LogP contribution in [0, 0.1) is 0 Å². The predicted octanol–water partition coefficient (Wildman–Crippen LogP) is 2.22. The molecule has 0 N–H and O–H groups in total. The monoisotopic (exact) mass is 104 g/mol. The van der Waals surface area contributed by atoms with E-state index in [1.807, 2.05) is 24.3 Å². The second-order valence-corrected chi connectivity index (χ2v) is 1.71. The van der Waals surface area contributed by atoms with Gasteiger partial charge in [-0.3, -0.25) is 0 Å². The van der Waals surface area contributed by atoms with E-state index in [1.165, 1.54) is 0 Å². The van der Waals surface area contributed by atoms with Crippen LogP contribution in [0.1, 0.15) is 0 Å². The third kappa shape index (κ3) is 0.648. The first-order chi connectivity index (χ1) is 3.84. The van der Waals surface area contributed by atoms with Crippen molar-refractivity contribution in [2.75, 3.05) is 0 Å². The molecule has 0 atom stereocenters. The minimum atomic E-state index is 1.06. The van der Waals surface area contributed by atoms with Crippen molar-refractivity contribution >= 4 is 0 Å². The lowest BCUT2D eigenvalue weighted by atomic mass is 10.2. The van der Waals surface area contributed by atoms with Gasteiger partial charge in [0.05, 0.1) is 0 Å². The van der Waals surface area contributed by atoms with Crippen LogP contribution in [0.2, 0.25) is 0 Å². The summed E-state index contributed by atoms with van der Waals surface area (Å²) in [6, 6.07) is 0. The van der Waals surface area contributed by atoms with Crippen LogP contribution in [0.25, 0.3) is 0 Å². The van der Waals surface area contributed by atoms with E-state index in [4.69, 9.17) is 0 Å². The zero-order valence-corrected chi connectivity index (χ0v) is 4.72. The fourth-order valence-corrected chi connectivity index (χ4v) is 0.670. The second-order valence-electron chi connectivity index (χ2n) is 1.71. The summed E-state index contributed by atoms with van der Waals surface area (Å²) in [5.74, 6) is 0. The number of rotatable bonds is 1. The lowest BCUT2D eigenvalue weighted by Gasteiger charge is -1.89. The van der Waals surface area contributed by atoms with Gasteiger partial charge in [0.15, 0.2) is 0 Å². The van der Waals surface area contributed by atoms with E-state index < -0.39 is 0 Å². The molecule has 0 radical (unpaired) electrons. The van der Waals surface area contributed by atoms with Crippen molar-refractivity contribution in [1.82, 2.24) is 0 Å². The first-order valence-corrected chi connectivity index (χ1v) is 2.54. The summed E-state index contributed by atoms with van der Waals surface area (Å²) in [5, 5.41) is 0. The van der Waals surface area contributed by atoms with E-state index in [0.717, 1.165) is 11.1 Å². The van der Waals surface area contributed by atoms with Crippen molar-refractivity contribution < 1.29 is 0 Å². The molecule has 0 bridgehead atoms. The lowest BCUT2D eigenvalue weighted by Crippen LogP contribution is -1.70. The smallest absolute Gasteiger partial charge is 0.0196 e. The van der Waals surface area contributed by atoms with E-state index in [1.54, 1.807) is 0 Å². The molecule has 0 heterocycles. The molecule has 0 saturated heterocycles. The molecule has 0 nitrogen and oxygen atoms in total. The van der Waals surface area contributed by atoms with Crippen LogP contribution >= 0.6 is 0 Å². The Balaban J connectivity index is 2.88. The SMILES string of the molecule is C=CC1=CC=CC1=C. The molecule has 0 aromatic heterocycles. The van der Waals surface area contributed by atoms with Crippen LogP contribution in [0.15, 0.2) is 48.6 Å². The molecule has 1 aliphatic carbocycles. The molecule has 0 aliphatic heterocycles. The Labute approximate surface area is 49.5 Å². The molecule has 0 amide bonds. The van der Waals surface area contributed by atoms with Crippen LogP contribution in [0.5, 0.6) is 0 Å². The molecule has 0 aromatic carbocycles. The van der Waals surface area contributed by atoms with Crippen LogP contribution in [0.4, 0.5) is 0 Å². The summed E-state index contributed by atoms with van der Waals surface area (Å²) < 4.78 is 0. The molecule has 1 rings (SSSR count). The average molecular weight is 104 g/mol. The Morgan fingerprint density at radius 3 is 2.50 bits per heavy atom. The maximum atomic E-state index is 3.78. The van der Waals surface area contributed by atoms with Gasteiger partial charge in [-0.25, -0.2) is 0 Å². The molecule has 8 heavy (non-hydrogen) atoms. The van der Waals surface area contributed by atoms with Crippen LogP contribution < -0.4 is 0 Å². The Morgan fingerprint density at radius 2 is 2.25 bits per heavy atom. The highest BCUT2D eigenvalue weighted by Crippen LogP contribution is 2.15. The van der Waals surface area contributed by atoms with E-state index in [9.17, 15) is 0 Å². The van der Waals surface area contributed by atoms with Gasteiger partial charge in [0.1, 0.15) is 0 Å². The first kappa shape index (κ1) is 5.10. The second kappa shape index (κ2) is 1.83. The lowest BCUT2D eigenvalue weighted by molar-refractivity contribution is 1.66. The predicted molar refractivity (Wildman–Crippen MR) is 36.6 cm³/mol. The normalized spacial score (nSPS) is 16.5. The molecule has 0 heteroatoms. The molecule has 0 spiro atoms. The van der Waals surface area contributed by atoms with Crippen molar-refractivity contribution in [2.45, 2.75) is 0 Å². The van der Waals surface area contributed by atoms with Gasteiger partial charge in [0.25, 0.3) is 0 Å². The third-order valence-electron chi connectivity index (χ3n) is 1.16. The van der Waals surface area contributed by atoms with Gasteiger partial charge in [-0.1, -0.05) is 37.5 Å². The molecule has 1 aliphatic rings. The maximum Gasteiger partial charge on any atom is -0.0196 e. The zero-order valence-electron chi connectivity index (χ0n) is 4.72. The van der Waals surface area contributed by atoms with Gasteiger partial charge in [-0.15, -0.1) is 0 Å². The molecular formula is C8H8. The summed E-state index contributed by atoms with van der Waals surface area (Å²) in [5.41, 5.74) is 2.19. The van der Waals surface area contributed by atoms with Gasteiger partial charge in [-0.2, -0.15) is 0 Å². The van der Waals surface area contributed by atoms with Crippen molar-refractivity contribution in [3.63, 3.8) is 0 Å². The van der Waals surface area contributed by atoms with E-state index in [-0.39, 0.29) is 0 Å². The average Bonchev–Trinajstić information content (AvgIpc) is 2.14. The highest BCUT2D eigenvalue weighted by Gasteiger charge is 1.96. The molecular weight excluding hydrogens is 96.1 g/mol. The highest BCUT2D eigenvalue weighted by molar-refractivity contribution is 5.51. The van der Waals surface area contributed by atoms with Crippen molar-refractivity contribution in [3.05, 3.63) is 48.6 Å². The minimum Gasteiger partial charge on any atom is -0.0984 e. The fourth-order valence-electron chi connectivity index (χ4n) is 0.670. The van der Waals surface area contributed by atoms with Gasteiger partial charge in [0.2, 0.25) is 0 Å². The Hall–Kier alpha value is -1.04. The zero-order chi connectivity index (χ0) is 5.98. The van der Waals surface area contributed by atoms with Gasteiger partial charge in [0, 0.05) is 0 Å². The quantitative estimate of drug-likeness (QED) is 0.478. The van der Waals surface area contributed by atoms with Gasteiger partial charge >= 0.3 is 0 Å².